The van der Waals surface area contributed by atoms with Gasteiger partial charge in [0.15, 0.2) is 0 Å². The molecule has 1 aromatic carbocycles. The number of carbonyl (C=O) groups excluding carboxylic acids is 3. The number of nitrogens with one attached hydrogen (secondary N) is 1. The molecule has 2 atom stereocenters. The Bertz CT molecular complexity index is 767. The lowest BCUT2D eigenvalue weighted by Gasteiger charge is -2.33. The van der Waals surface area contributed by atoms with E-state index in [9.17, 15) is 14.4 Å². The van der Waals surface area contributed by atoms with Crippen LogP contribution in [-0.2, 0) is 20.9 Å². The van der Waals surface area contributed by atoms with Gasteiger partial charge in [-0.25, -0.2) is 0 Å². The zero-order valence-corrected chi connectivity index (χ0v) is 17.4. The Balaban J connectivity index is 1.69. The molecule has 8 nitrogen and oxygen atoms in total. The first-order chi connectivity index (χ1) is 13.8. The van der Waals surface area contributed by atoms with E-state index in [-0.39, 0.29) is 30.3 Å². The molecule has 1 N–H and O–H groups in total. The molecule has 0 spiro atoms. The number of rotatable bonds is 6. The second-order valence-corrected chi connectivity index (χ2v) is 8.01. The highest BCUT2D eigenvalue weighted by Gasteiger charge is 2.32. The zero-order chi connectivity index (χ0) is 21.0. The topological polar surface area (TPSA) is 82.2 Å². The van der Waals surface area contributed by atoms with Gasteiger partial charge < -0.3 is 24.8 Å². The highest BCUT2D eigenvalue weighted by Crippen LogP contribution is 2.25. The molecule has 3 amide bonds. The van der Waals surface area contributed by atoms with Gasteiger partial charge in [-0.3, -0.25) is 14.4 Å². The summed E-state index contributed by atoms with van der Waals surface area (Å²) >= 11 is 0. The molecule has 2 unspecified atom stereocenters. The smallest absolute Gasteiger partial charge is 0.245 e. The Hall–Kier alpha value is -2.61. The Morgan fingerprint density at radius 2 is 2.07 bits per heavy atom. The van der Waals surface area contributed by atoms with Crippen LogP contribution in [0, 0.1) is 0 Å². The van der Waals surface area contributed by atoms with Crippen molar-refractivity contribution in [3.63, 3.8) is 0 Å². The summed E-state index contributed by atoms with van der Waals surface area (Å²) in [5, 5.41) is 2.76. The van der Waals surface area contributed by atoms with Crippen molar-refractivity contribution >= 4 is 17.7 Å². The Morgan fingerprint density at radius 3 is 2.76 bits per heavy atom. The SMILES string of the molecule is CC(NC(=O)CN1CCCC1=O)C(=O)N1Cc2ccccc2OCC1CN(C)C. The molecule has 2 aliphatic heterocycles. The first-order valence-electron chi connectivity index (χ1n) is 10.1. The minimum absolute atomic E-state index is 0.00350. The van der Waals surface area contributed by atoms with Crippen LogP contribution in [0.25, 0.3) is 0 Å². The molecule has 158 valence electrons. The molecule has 1 saturated heterocycles. The molecule has 0 aliphatic carbocycles. The van der Waals surface area contributed by atoms with E-state index in [1.54, 1.807) is 11.8 Å². The van der Waals surface area contributed by atoms with Crippen LogP contribution in [0.2, 0.25) is 0 Å². The third-order valence-electron chi connectivity index (χ3n) is 5.30. The molecule has 0 aromatic heterocycles. The zero-order valence-electron chi connectivity index (χ0n) is 17.4. The number of hydrogen-bond donors (Lipinski definition) is 1. The van der Waals surface area contributed by atoms with E-state index in [4.69, 9.17) is 4.74 Å². The van der Waals surface area contributed by atoms with Gasteiger partial charge in [0.05, 0.1) is 12.6 Å². The maximum atomic E-state index is 13.2. The van der Waals surface area contributed by atoms with Gasteiger partial charge in [0.2, 0.25) is 17.7 Å². The summed E-state index contributed by atoms with van der Waals surface area (Å²) in [7, 11) is 3.91. The summed E-state index contributed by atoms with van der Waals surface area (Å²) in [6.07, 6.45) is 1.27. The van der Waals surface area contributed by atoms with Crippen molar-refractivity contribution < 1.29 is 19.1 Å². The molecule has 29 heavy (non-hydrogen) atoms. The van der Waals surface area contributed by atoms with E-state index in [1.807, 2.05) is 43.3 Å². The number of benzene rings is 1. The first kappa shape index (κ1) is 21.1. The van der Waals surface area contributed by atoms with Crippen LogP contribution in [0.4, 0.5) is 0 Å². The summed E-state index contributed by atoms with van der Waals surface area (Å²) < 4.78 is 5.95. The average Bonchev–Trinajstić information content (AvgIpc) is 2.98. The number of hydrogen-bond acceptors (Lipinski definition) is 5. The number of amides is 3. The van der Waals surface area contributed by atoms with Crippen molar-refractivity contribution in [2.75, 3.05) is 40.3 Å². The highest BCUT2D eigenvalue weighted by atomic mass is 16.5. The minimum Gasteiger partial charge on any atom is -0.491 e. The summed E-state index contributed by atoms with van der Waals surface area (Å²) in [6.45, 7) is 3.77. The maximum Gasteiger partial charge on any atom is 0.245 e. The summed E-state index contributed by atoms with van der Waals surface area (Å²) in [4.78, 5) is 42.7. The van der Waals surface area contributed by atoms with Crippen molar-refractivity contribution in [2.24, 2.45) is 0 Å². The molecule has 2 heterocycles. The van der Waals surface area contributed by atoms with Gasteiger partial charge in [0.1, 0.15) is 18.4 Å². The van der Waals surface area contributed by atoms with Crippen molar-refractivity contribution in [3.8, 4) is 5.75 Å². The van der Waals surface area contributed by atoms with Crippen LogP contribution < -0.4 is 10.1 Å². The summed E-state index contributed by atoms with van der Waals surface area (Å²) in [5.41, 5.74) is 0.947. The lowest BCUT2D eigenvalue weighted by molar-refractivity contribution is -0.140. The molecule has 3 rings (SSSR count). The quantitative estimate of drug-likeness (QED) is 0.748. The number of fused-ring (bicyclic) bond motifs is 1. The molecule has 8 heteroatoms. The highest BCUT2D eigenvalue weighted by molar-refractivity contribution is 5.90. The maximum absolute atomic E-state index is 13.2. The van der Waals surface area contributed by atoms with Gasteiger partial charge in [-0.15, -0.1) is 0 Å². The molecule has 2 aliphatic rings. The van der Waals surface area contributed by atoms with Gasteiger partial charge in [-0.1, -0.05) is 18.2 Å². The number of carbonyl (C=O) groups is 3. The Labute approximate surface area is 171 Å². The van der Waals surface area contributed by atoms with Crippen LogP contribution in [0.3, 0.4) is 0 Å². The lowest BCUT2D eigenvalue weighted by atomic mass is 10.1. The van der Waals surface area contributed by atoms with E-state index in [0.717, 1.165) is 17.7 Å². The third kappa shape index (κ3) is 5.26. The first-order valence-corrected chi connectivity index (χ1v) is 10.1. The van der Waals surface area contributed by atoms with E-state index in [1.165, 1.54) is 4.90 Å². The summed E-state index contributed by atoms with van der Waals surface area (Å²) in [6, 6.07) is 6.89. The number of ether oxygens (including phenoxy) is 1. The Morgan fingerprint density at radius 1 is 1.31 bits per heavy atom. The van der Waals surface area contributed by atoms with Gasteiger partial charge in [-0.2, -0.15) is 0 Å². The monoisotopic (exact) mass is 402 g/mol. The van der Waals surface area contributed by atoms with Gasteiger partial charge in [0, 0.05) is 31.6 Å². The van der Waals surface area contributed by atoms with Crippen molar-refractivity contribution in [2.45, 2.75) is 38.4 Å². The molecule has 0 bridgehead atoms. The standard InChI is InChI=1S/C21H30N4O4/c1-15(22-19(26)13-24-10-6-9-20(24)27)21(28)25-11-16-7-4-5-8-18(16)29-14-17(25)12-23(2)3/h4-5,7-8,15,17H,6,9-14H2,1-3H3,(H,22,26). The normalized spacial score (nSPS) is 20.1. The second-order valence-electron chi connectivity index (χ2n) is 8.01. The van der Waals surface area contributed by atoms with Crippen LogP contribution >= 0.6 is 0 Å². The Kier molecular flexibility index (Phi) is 6.74. The number of likely N-dealkylation sites (tertiary alicyclic amines) is 1. The predicted molar refractivity (Wildman–Crippen MR) is 108 cm³/mol. The third-order valence-corrected chi connectivity index (χ3v) is 5.30. The van der Waals surface area contributed by atoms with Crippen molar-refractivity contribution in [3.05, 3.63) is 29.8 Å². The van der Waals surface area contributed by atoms with Gasteiger partial charge in [-0.05, 0) is 33.5 Å². The van der Waals surface area contributed by atoms with E-state index in [0.29, 0.717) is 32.7 Å². The van der Waals surface area contributed by atoms with Gasteiger partial charge in [0.25, 0.3) is 0 Å². The molecule has 0 radical (unpaired) electrons. The fourth-order valence-electron chi connectivity index (χ4n) is 3.84. The fraction of sp³-hybridized carbons (Fsp3) is 0.571. The summed E-state index contributed by atoms with van der Waals surface area (Å²) in [5.74, 6) is 0.317. The van der Waals surface area contributed by atoms with Crippen molar-refractivity contribution in [1.29, 1.82) is 0 Å². The minimum atomic E-state index is -0.685. The van der Waals surface area contributed by atoms with E-state index in [2.05, 4.69) is 5.32 Å². The van der Waals surface area contributed by atoms with E-state index < -0.39 is 6.04 Å². The molecule has 0 saturated carbocycles. The average molecular weight is 402 g/mol. The van der Waals surface area contributed by atoms with Crippen molar-refractivity contribution in [1.82, 2.24) is 20.0 Å². The largest absolute Gasteiger partial charge is 0.491 e. The van der Waals surface area contributed by atoms with Gasteiger partial charge >= 0.3 is 0 Å². The number of para-hydroxylation sites is 1. The predicted octanol–water partition coefficient (Wildman–Crippen LogP) is 0.465. The molecule has 1 fully saturated rings. The molecular formula is C21H30N4O4. The van der Waals surface area contributed by atoms with E-state index >= 15 is 0 Å². The van der Waals surface area contributed by atoms with Crippen LogP contribution in [0.1, 0.15) is 25.3 Å². The fourth-order valence-corrected chi connectivity index (χ4v) is 3.84. The van der Waals surface area contributed by atoms with Crippen LogP contribution in [0.15, 0.2) is 24.3 Å². The second kappa shape index (κ2) is 9.26. The number of nitrogens with zero attached hydrogens (tertiary/aromatic N) is 3. The van der Waals surface area contributed by atoms with Crippen LogP contribution in [-0.4, -0.2) is 84.8 Å². The van der Waals surface area contributed by atoms with Crippen LogP contribution in [0.5, 0.6) is 5.75 Å². The number of likely N-dealkylation sites (N-methyl/N-ethyl adjacent to an activating group) is 1. The molecule has 1 aromatic rings. The lowest BCUT2D eigenvalue weighted by Crippen LogP contribution is -2.54. The molecular weight excluding hydrogens is 372 g/mol.